The van der Waals surface area contributed by atoms with Crippen LogP contribution >= 0.6 is 0 Å². The maximum Gasteiger partial charge on any atom is 0.212 e. The molecule has 0 saturated carbocycles. The van der Waals surface area contributed by atoms with Crippen LogP contribution in [0.25, 0.3) is 0 Å². The Bertz CT molecular complexity index is 36.9. The van der Waals surface area contributed by atoms with Crippen LogP contribution in [0.4, 0.5) is 0 Å². The third-order valence-corrected chi connectivity index (χ3v) is 0.131. The van der Waals surface area contributed by atoms with Crippen LogP contribution in [0.2, 0.25) is 0 Å². The summed E-state index contributed by atoms with van der Waals surface area (Å²) in [5, 5.41) is 7.86. The second-order valence-electron chi connectivity index (χ2n) is 0.387. The van der Waals surface area contributed by atoms with Crippen LogP contribution in [0.1, 0.15) is 0 Å². The Hall–Kier alpha value is -0.860. The van der Waals surface area contributed by atoms with E-state index in [2.05, 4.69) is 0 Å². The molecule has 0 unspecified atom stereocenters. The van der Waals surface area contributed by atoms with Crippen molar-refractivity contribution >= 4 is 12.7 Å². The molecule has 0 aliphatic rings. The van der Waals surface area contributed by atoms with Gasteiger partial charge in [-0.3, -0.25) is 10.2 Å². The Morgan fingerprint density at radius 3 is 2.60 bits per heavy atom. The molecule has 0 heterocycles. The number of carbonyl (C=O) groups excluding carboxylic acids is 1. The lowest BCUT2D eigenvalue weighted by Crippen LogP contribution is -2.04. The van der Waals surface area contributed by atoms with Gasteiger partial charge in [0, 0.05) is 0 Å². The summed E-state index contributed by atoms with van der Waals surface area (Å²) in [4.78, 5) is 9.11. The normalized spacial score (nSPS) is 5.60. The standard InChI is InChI=1S/C2H3N2O/c3-1-4-2-5/h2H,(H2,3,4,5). The monoisotopic (exact) mass is 71.0 g/mol. The van der Waals surface area contributed by atoms with Gasteiger partial charge >= 0.3 is 0 Å². The Balaban J connectivity index is 2.65. The quantitative estimate of drug-likeness (QED) is 0.191. The van der Waals surface area contributed by atoms with Gasteiger partial charge in [-0.2, -0.15) is 0 Å². The maximum absolute atomic E-state index is 9.11. The fourth-order valence-corrected chi connectivity index (χ4v) is 0.0295. The second-order valence-corrected chi connectivity index (χ2v) is 0.387. The van der Waals surface area contributed by atoms with Crippen LogP contribution in [0, 0.1) is 5.41 Å². The number of nitrogens with one attached hydrogen (secondary N) is 2. The van der Waals surface area contributed by atoms with E-state index in [9.17, 15) is 0 Å². The molecule has 1 amide bonds. The van der Waals surface area contributed by atoms with E-state index in [-0.39, 0.29) is 0 Å². The number of rotatable bonds is 2. The maximum atomic E-state index is 9.11. The van der Waals surface area contributed by atoms with Crippen molar-refractivity contribution < 1.29 is 4.79 Å². The van der Waals surface area contributed by atoms with E-state index in [1.54, 1.807) is 6.34 Å². The van der Waals surface area contributed by atoms with Gasteiger partial charge in [0.1, 0.15) is 0 Å². The van der Waals surface area contributed by atoms with Gasteiger partial charge in [0.15, 0.2) is 6.34 Å². The summed E-state index contributed by atoms with van der Waals surface area (Å²) >= 11 is 0. The fraction of sp³-hybridized carbons (Fsp3) is 0. The molecule has 0 rings (SSSR count). The Kier molecular flexibility index (Phi) is 2.60. The minimum Gasteiger partial charge on any atom is -0.311 e. The zero-order chi connectivity index (χ0) is 4.12. The average Bonchev–Trinajstić information content (AvgIpc) is 1.41. The van der Waals surface area contributed by atoms with Crippen LogP contribution in [0.15, 0.2) is 0 Å². The molecule has 0 aliphatic heterocycles. The summed E-state index contributed by atoms with van der Waals surface area (Å²) in [5.74, 6) is 0. The molecule has 0 fully saturated rings. The van der Waals surface area contributed by atoms with Crippen molar-refractivity contribution in [1.29, 1.82) is 5.41 Å². The highest BCUT2D eigenvalue weighted by Crippen LogP contribution is 1.19. The molecule has 3 heteroatoms. The second kappa shape index (κ2) is 3.14. The lowest BCUT2D eigenvalue weighted by molar-refractivity contribution is -0.108. The minimum atomic E-state index is 0.382. The zero-order valence-corrected chi connectivity index (χ0v) is 2.49. The van der Waals surface area contributed by atoms with Gasteiger partial charge in [0.2, 0.25) is 6.41 Å². The first-order valence-electron chi connectivity index (χ1n) is 1.02. The van der Waals surface area contributed by atoms with Crippen molar-refractivity contribution in [3.63, 3.8) is 0 Å². The smallest absolute Gasteiger partial charge is 0.212 e. The Morgan fingerprint density at radius 2 is 2.60 bits per heavy atom. The Morgan fingerprint density at radius 1 is 2.00 bits per heavy atom. The van der Waals surface area contributed by atoms with E-state index in [0.717, 1.165) is 0 Å². The molecular formula is C2H3N2O. The first-order chi connectivity index (χ1) is 2.41. The topological polar surface area (TPSA) is 53.0 Å². The average molecular weight is 71.1 g/mol. The Labute approximate surface area is 29.5 Å². The van der Waals surface area contributed by atoms with Crippen LogP contribution in [0.3, 0.4) is 0 Å². The molecule has 0 atom stereocenters. The summed E-state index contributed by atoms with van der Waals surface area (Å²) in [6.07, 6.45) is 2.03. The molecule has 5 heavy (non-hydrogen) atoms. The van der Waals surface area contributed by atoms with Crippen LogP contribution in [-0.4, -0.2) is 12.7 Å². The molecule has 3 nitrogen and oxygen atoms in total. The minimum absolute atomic E-state index is 0.382. The molecule has 0 saturated heterocycles. The third kappa shape index (κ3) is 3.14. The van der Waals surface area contributed by atoms with Crippen LogP contribution < -0.4 is 5.32 Å². The van der Waals surface area contributed by atoms with E-state index >= 15 is 0 Å². The molecule has 0 spiro atoms. The molecule has 0 aromatic heterocycles. The number of hydrogen-bond donors (Lipinski definition) is 2. The lowest BCUT2D eigenvalue weighted by Gasteiger charge is -1.66. The van der Waals surface area contributed by atoms with Gasteiger partial charge in [-0.15, -0.1) is 0 Å². The zero-order valence-electron chi connectivity index (χ0n) is 2.49. The summed E-state index contributed by atoms with van der Waals surface area (Å²) in [6, 6.07) is 0. The predicted octanol–water partition coefficient (Wildman–Crippen LogP) is -0.784. The van der Waals surface area contributed by atoms with E-state index in [4.69, 9.17) is 10.2 Å². The molecule has 1 radical (unpaired) electrons. The van der Waals surface area contributed by atoms with Crippen molar-refractivity contribution in [3.8, 4) is 0 Å². The molecule has 0 aromatic carbocycles. The van der Waals surface area contributed by atoms with Gasteiger partial charge < -0.3 is 5.32 Å². The van der Waals surface area contributed by atoms with Gasteiger partial charge in [0.05, 0.1) is 0 Å². The molecule has 2 N–H and O–H groups in total. The number of amides is 1. The molecule has 27 valence electrons. The highest BCUT2D eigenvalue weighted by molar-refractivity contribution is 5.69. The highest BCUT2D eigenvalue weighted by atomic mass is 16.1. The van der Waals surface area contributed by atoms with E-state index in [1.165, 1.54) is 0 Å². The molecule has 0 bridgehead atoms. The SMILES string of the molecule is N=[C]NC=O. The van der Waals surface area contributed by atoms with E-state index in [1.807, 2.05) is 5.32 Å². The summed E-state index contributed by atoms with van der Waals surface area (Å²) in [5.41, 5.74) is 0. The van der Waals surface area contributed by atoms with Crippen molar-refractivity contribution in [2.45, 2.75) is 0 Å². The van der Waals surface area contributed by atoms with Crippen molar-refractivity contribution in [2.24, 2.45) is 0 Å². The van der Waals surface area contributed by atoms with Gasteiger partial charge in [0.25, 0.3) is 0 Å². The van der Waals surface area contributed by atoms with E-state index in [0.29, 0.717) is 6.41 Å². The van der Waals surface area contributed by atoms with E-state index < -0.39 is 0 Å². The largest absolute Gasteiger partial charge is 0.311 e. The fourth-order valence-electron chi connectivity index (χ4n) is 0.0295. The van der Waals surface area contributed by atoms with Crippen molar-refractivity contribution in [2.75, 3.05) is 0 Å². The predicted molar refractivity (Wildman–Crippen MR) is 16.9 cm³/mol. The molecule has 0 aliphatic carbocycles. The summed E-state index contributed by atoms with van der Waals surface area (Å²) < 4.78 is 0. The number of hydrogen-bond acceptors (Lipinski definition) is 2. The van der Waals surface area contributed by atoms with Crippen molar-refractivity contribution in [1.82, 2.24) is 5.32 Å². The molecular weight excluding hydrogens is 68.0 g/mol. The first kappa shape index (κ1) is 4.14. The lowest BCUT2D eigenvalue weighted by atomic mass is 11.2. The van der Waals surface area contributed by atoms with Crippen molar-refractivity contribution in [3.05, 3.63) is 0 Å². The van der Waals surface area contributed by atoms with Gasteiger partial charge in [-0.05, 0) is 0 Å². The number of carbonyl (C=O) groups is 1. The highest BCUT2D eigenvalue weighted by Gasteiger charge is 1.54. The van der Waals surface area contributed by atoms with Crippen LogP contribution in [0.5, 0.6) is 0 Å². The summed E-state index contributed by atoms with van der Waals surface area (Å²) in [6.45, 7) is 0. The molecule has 0 aromatic rings. The van der Waals surface area contributed by atoms with Gasteiger partial charge in [-0.1, -0.05) is 0 Å². The van der Waals surface area contributed by atoms with Gasteiger partial charge in [-0.25, -0.2) is 0 Å². The van der Waals surface area contributed by atoms with Crippen LogP contribution in [-0.2, 0) is 4.79 Å². The first-order valence-corrected chi connectivity index (χ1v) is 1.02. The summed E-state index contributed by atoms with van der Waals surface area (Å²) in [7, 11) is 0. The third-order valence-electron chi connectivity index (χ3n) is 0.131.